The Kier molecular flexibility index (Phi) is 7.05. The van der Waals surface area contributed by atoms with Crippen LogP contribution in [0.4, 0.5) is 18.9 Å². The highest BCUT2D eigenvalue weighted by atomic mass is 19.4. The first-order valence-electron chi connectivity index (χ1n) is 9.94. The van der Waals surface area contributed by atoms with Crippen molar-refractivity contribution >= 4 is 17.9 Å². The molecule has 10 heteroatoms. The topological polar surface area (TPSA) is 90.3 Å². The van der Waals surface area contributed by atoms with Crippen molar-refractivity contribution in [1.82, 2.24) is 4.90 Å². The van der Waals surface area contributed by atoms with Crippen LogP contribution in [0, 0.1) is 5.92 Å². The first kappa shape index (κ1) is 23.6. The molecule has 0 aliphatic carbocycles. The average Bonchev–Trinajstić information content (AvgIpc) is 2.77. The predicted octanol–water partition coefficient (Wildman–Crippen LogP) is 2.54. The summed E-state index contributed by atoms with van der Waals surface area (Å²) < 4.78 is 40.8. The second kappa shape index (κ2) is 9.58. The number of halogens is 3. The van der Waals surface area contributed by atoms with Crippen LogP contribution in [0.2, 0.25) is 0 Å². The van der Waals surface area contributed by atoms with Gasteiger partial charge < -0.3 is 24.6 Å². The summed E-state index contributed by atoms with van der Waals surface area (Å²) in [5.74, 6) is -3.03. The Morgan fingerprint density at radius 2 is 1.62 bits per heavy atom. The normalized spacial score (nSPS) is 17.9. The molecule has 0 unspecified atom stereocenters. The first-order valence-corrected chi connectivity index (χ1v) is 9.94. The molecule has 0 aromatic heterocycles. The molecule has 0 amide bonds. The quantitative estimate of drug-likeness (QED) is 0.595. The van der Waals surface area contributed by atoms with E-state index in [9.17, 15) is 33.0 Å². The van der Waals surface area contributed by atoms with Gasteiger partial charge in [-0.25, -0.2) is 4.79 Å². The zero-order chi connectivity index (χ0) is 23.4. The zero-order valence-electron chi connectivity index (χ0n) is 17.0. The molecule has 1 heterocycles. The number of nitrogens with zero attached hydrogens (tertiary/aromatic N) is 2. The third-order valence-electron chi connectivity index (χ3n) is 5.49. The maximum atomic E-state index is 12.3. The SMILES string of the molecule is O=C[C@@H](Cc1ccccc1)[C@@](O)(C(=O)O)N1CCN(c2ccc(OC(F)(F)F)cc2)CC1. The van der Waals surface area contributed by atoms with Crippen LogP contribution < -0.4 is 9.64 Å². The van der Waals surface area contributed by atoms with Crippen LogP contribution in [-0.4, -0.2) is 65.6 Å². The van der Waals surface area contributed by atoms with Gasteiger partial charge in [-0.2, -0.15) is 0 Å². The van der Waals surface area contributed by atoms with Crippen molar-refractivity contribution in [3.05, 3.63) is 60.2 Å². The lowest BCUT2D eigenvalue weighted by Crippen LogP contribution is -2.65. The number of carbonyl (C=O) groups is 2. The molecular weight excluding hydrogens is 429 g/mol. The molecule has 0 saturated carbocycles. The summed E-state index contributed by atoms with van der Waals surface area (Å²) >= 11 is 0. The van der Waals surface area contributed by atoms with Crippen molar-refractivity contribution in [2.45, 2.75) is 18.5 Å². The third kappa shape index (κ3) is 5.38. The Morgan fingerprint density at radius 3 is 2.12 bits per heavy atom. The van der Waals surface area contributed by atoms with Gasteiger partial charge in [0.15, 0.2) is 0 Å². The molecule has 1 saturated heterocycles. The monoisotopic (exact) mass is 452 g/mol. The molecule has 0 spiro atoms. The number of ether oxygens (including phenoxy) is 1. The zero-order valence-corrected chi connectivity index (χ0v) is 17.0. The number of alkyl halides is 3. The number of aldehydes is 1. The van der Waals surface area contributed by atoms with Gasteiger partial charge >= 0.3 is 12.3 Å². The number of carbonyl (C=O) groups excluding carboxylic acids is 1. The van der Waals surface area contributed by atoms with Crippen LogP contribution in [0.5, 0.6) is 5.75 Å². The molecule has 172 valence electrons. The van der Waals surface area contributed by atoms with E-state index >= 15 is 0 Å². The van der Waals surface area contributed by atoms with Gasteiger partial charge in [0.05, 0.1) is 5.92 Å². The molecule has 0 radical (unpaired) electrons. The number of hydrogen-bond acceptors (Lipinski definition) is 6. The second-order valence-corrected chi connectivity index (χ2v) is 7.48. The van der Waals surface area contributed by atoms with Crippen molar-refractivity contribution in [2.75, 3.05) is 31.1 Å². The second-order valence-electron chi connectivity index (χ2n) is 7.48. The minimum absolute atomic E-state index is 0.0635. The first-order chi connectivity index (χ1) is 15.1. The van der Waals surface area contributed by atoms with Gasteiger partial charge in [-0.15, -0.1) is 13.2 Å². The highest BCUT2D eigenvalue weighted by molar-refractivity contribution is 5.81. The van der Waals surface area contributed by atoms with E-state index < -0.39 is 24.0 Å². The largest absolute Gasteiger partial charge is 0.573 e. The highest BCUT2D eigenvalue weighted by Gasteiger charge is 2.50. The lowest BCUT2D eigenvalue weighted by atomic mass is 9.88. The number of carboxylic acid groups (broad SMARTS) is 1. The van der Waals surface area contributed by atoms with Crippen molar-refractivity contribution in [3.8, 4) is 5.75 Å². The summed E-state index contributed by atoms with van der Waals surface area (Å²) in [4.78, 5) is 27.0. The molecule has 2 N–H and O–H groups in total. The summed E-state index contributed by atoms with van der Waals surface area (Å²) in [6, 6.07) is 14.2. The van der Waals surface area contributed by atoms with E-state index in [0.717, 1.165) is 5.56 Å². The number of rotatable bonds is 8. The van der Waals surface area contributed by atoms with Crippen LogP contribution in [-0.2, 0) is 16.0 Å². The third-order valence-corrected chi connectivity index (χ3v) is 5.49. The predicted molar refractivity (Wildman–Crippen MR) is 109 cm³/mol. The highest BCUT2D eigenvalue weighted by Crippen LogP contribution is 2.29. The van der Waals surface area contributed by atoms with Gasteiger partial charge in [-0.05, 0) is 36.2 Å². The number of aliphatic carboxylic acids is 1. The maximum Gasteiger partial charge on any atom is 0.573 e. The molecule has 1 fully saturated rings. The Hall–Kier alpha value is -3.11. The van der Waals surface area contributed by atoms with Crippen LogP contribution in [0.3, 0.4) is 0 Å². The molecule has 2 aromatic carbocycles. The minimum atomic E-state index is -4.77. The molecule has 2 atom stereocenters. The number of benzene rings is 2. The Labute approximate surface area is 182 Å². The molecule has 0 bridgehead atoms. The Morgan fingerprint density at radius 1 is 1.03 bits per heavy atom. The van der Waals surface area contributed by atoms with Gasteiger partial charge in [0.1, 0.15) is 12.0 Å². The number of carboxylic acids is 1. The van der Waals surface area contributed by atoms with Gasteiger partial charge in [0.2, 0.25) is 5.72 Å². The van der Waals surface area contributed by atoms with E-state index in [1.165, 1.54) is 29.2 Å². The van der Waals surface area contributed by atoms with Crippen molar-refractivity contribution in [1.29, 1.82) is 0 Å². The number of piperazine rings is 1. The molecular formula is C22H23F3N2O5. The number of hydrogen-bond donors (Lipinski definition) is 2. The molecule has 7 nitrogen and oxygen atoms in total. The molecule has 1 aliphatic heterocycles. The van der Waals surface area contributed by atoms with Crippen molar-refractivity contribution in [2.24, 2.45) is 5.92 Å². The molecule has 2 aromatic rings. The molecule has 1 aliphatic rings. The van der Waals surface area contributed by atoms with E-state index in [1.54, 1.807) is 30.3 Å². The van der Waals surface area contributed by atoms with E-state index in [0.29, 0.717) is 25.1 Å². The standard InChI is InChI=1S/C22H23F3N2O5/c23-22(24,25)32-19-8-6-18(7-9-19)26-10-12-27(13-11-26)21(31,20(29)30)17(15-28)14-16-4-2-1-3-5-16/h1-9,15,17,31H,10-14H2,(H,29,30)/t17-,21-/m1/s1. The summed E-state index contributed by atoms with van der Waals surface area (Å²) in [5, 5.41) is 20.9. The van der Waals surface area contributed by atoms with E-state index in [1.807, 2.05) is 4.90 Å². The van der Waals surface area contributed by atoms with E-state index in [-0.39, 0.29) is 25.3 Å². The van der Waals surface area contributed by atoms with E-state index in [4.69, 9.17) is 0 Å². The van der Waals surface area contributed by atoms with Gasteiger partial charge in [-0.1, -0.05) is 30.3 Å². The lowest BCUT2D eigenvalue weighted by molar-refractivity contribution is -0.274. The summed E-state index contributed by atoms with van der Waals surface area (Å²) in [7, 11) is 0. The fourth-order valence-corrected chi connectivity index (χ4v) is 3.85. The van der Waals surface area contributed by atoms with E-state index in [2.05, 4.69) is 4.74 Å². The van der Waals surface area contributed by atoms with Crippen LogP contribution in [0.15, 0.2) is 54.6 Å². The minimum Gasteiger partial charge on any atom is -0.478 e. The van der Waals surface area contributed by atoms with Crippen LogP contribution in [0.1, 0.15) is 5.56 Å². The maximum absolute atomic E-state index is 12.3. The lowest BCUT2D eigenvalue weighted by Gasteiger charge is -2.44. The molecule has 3 rings (SSSR count). The fourth-order valence-electron chi connectivity index (χ4n) is 3.85. The number of aliphatic hydroxyl groups is 1. The van der Waals surface area contributed by atoms with Crippen LogP contribution >= 0.6 is 0 Å². The summed E-state index contributed by atoms with van der Waals surface area (Å²) in [6.45, 7) is 0.906. The fraction of sp³-hybridized carbons (Fsp3) is 0.364. The van der Waals surface area contributed by atoms with Gasteiger partial charge in [0.25, 0.3) is 0 Å². The van der Waals surface area contributed by atoms with Gasteiger partial charge in [-0.3, -0.25) is 4.90 Å². The number of anilines is 1. The van der Waals surface area contributed by atoms with Crippen molar-refractivity contribution < 1.29 is 37.7 Å². The van der Waals surface area contributed by atoms with Gasteiger partial charge in [0, 0.05) is 31.9 Å². The molecule has 32 heavy (non-hydrogen) atoms. The summed E-state index contributed by atoms with van der Waals surface area (Å²) in [6.07, 6.45) is -4.25. The smallest absolute Gasteiger partial charge is 0.478 e. The average molecular weight is 452 g/mol. The summed E-state index contributed by atoms with van der Waals surface area (Å²) in [5.41, 5.74) is -1.02. The van der Waals surface area contributed by atoms with Crippen molar-refractivity contribution in [3.63, 3.8) is 0 Å². The Balaban J connectivity index is 1.69. The van der Waals surface area contributed by atoms with Crippen LogP contribution in [0.25, 0.3) is 0 Å². The Bertz CT molecular complexity index is 915.